The highest BCUT2D eigenvalue weighted by Crippen LogP contribution is 2.45. The number of fused-ring (bicyclic) bond motifs is 1. The first-order valence-electron chi connectivity index (χ1n) is 13.4. The van der Waals surface area contributed by atoms with Gasteiger partial charge in [0.05, 0.1) is 23.7 Å². The van der Waals surface area contributed by atoms with Crippen LogP contribution in [0.15, 0.2) is 18.2 Å². The number of hydrogen-bond donors (Lipinski definition) is 1. The van der Waals surface area contributed by atoms with Gasteiger partial charge in [-0.25, -0.2) is 27.5 Å². The third-order valence-electron chi connectivity index (χ3n) is 7.66. The molecular formula is C27H31FN6O3S2. The number of thiazole rings is 1. The molecule has 1 saturated carbocycles. The van der Waals surface area contributed by atoms with E-state index in [2.05, 4.69) is 21.8 Å². The number of nitrogens with one attached hydrogen (secondary N) is 1. The lowest BCUT2D eigenvalue weighted by atomic mass is 9.96. The summed E-state index contributed by atoms with van der Waals surface area (Å²) < 4.78 is 47.0. The largest absolute Gasteiger partial charge is 0.381 e. The average molecular weight is 571 g/mol. The van der Waals surface area contributed by atoms with Crippen molar-refractivity contribution in [1.29, 1.82) is 5.26 Å². The monoisotopic (exact) mass is 570 g/mol. The van der Waals surface area contributed by atoms with Crippen LogP contribution in [0.25, 0.3) is 10.9 Å². The summed E-state index contributed by atoms with van der Waals surface area (Å²) in [5.74, 6) is 0.117. The summed E-state index contributed by atoms with van der Waals surface area (Å²) in [6.45, 7) is 4.87. The molecule has 0 atom stereocenters. The summed E-state index contributed by atoms with van der Waals surface area (Å²) in [4.78, 5) is 14.4. The molecule has 1 aliphatic carbocycles. The summed E-state index contributed by atoms with van der Waals surface area (Å²) in [7, 11) is -3.31. The van der Waals surface area contributed by atoms with Crippen LogP contribution < -0.4 is 14.5 Å². The highest BCUT2D eigenvalue weighted by molar-refractivity contribution is 7.88. The Morgan fingerprint density at radius 1 is 1.18 bits per heavy atom. The molecule has 0 amide bonds. The summed E-state index contributed by atoms with van der Waals surface area (Å²) in [6, 6.07) is 7.63. The van der Waals surface area contributed by atoms with E-state index >= 15 is 4.39 Å². The first-order valence-corrected chi connectivity index (χ1v) is 16.1. The maximum atomic E-state index is 15.6. The highest BCUT2D eigenvalue weighted by Gasteiger charge is 2.32. The number of anilines is 3. The van der Waals surface area contributed by atoms with E-state index < -0.39 is 15.8 Å². The summed E-state index contributed by atoms with van der Waals surface area (Å²) >= 11 is 1.38. The molecule has 0 unspecified atom stereocenters. The Kier molecular flexibility index (Phi) is 6.95. The Balaban J connectivity index is 1.41. The van der Waals surface area contributed by atoms with Crippen LogP contribution in [-0.2, 0) is 14.8 Å². The van der Waals surface area contributed by atoms with E-state index in [1.165, 1.54) is 17.4 Å². The van der Waals surface area contributed by atoms with Crippen LogP contribution in [0.3, 0.4) is 0 Å². The molecule has 6 rings (SSSR count). The first kappa shape index (κ1) is 26.4. The summed E-state index contributed by atoms with van der Waals surface area (Å²) in [5.41, 5.74) is 3.55. The van der Waals surface area contributed by atoms with Crippen molar-refractivity contribution in [3.8, 4) is 6.07 Å². The van der Waals surface area contributed by atoms with Gasteiger partial charge in [0.1, 0.15) is 16.5 Å². The SMILES string of the molecule is CCN(c1nc(C2CCOCC2)c(C#N)s1)c1cc(C2CC2)nc2c(F)cc(N3CC(NS(C)(=O)=O)C3)cc12. The molecule has 206 valence electrons. The van der Waals surface area contributed by atoms with Crippen molar-refractivity contribution in [2.24, 2.45) is 0 Å². The fourth-order valence-electron chi connectivity index (χ4n) is 5.51. The number of rotatable bonds is 8. The third-order valence-corrected chi connectivity index (χ3v) is 9.42. The van der Waals surface area contributed by atoms with Crippen molar-refractivity contribution in [2.45, 2.75) is 50.5 Å². The van der Waals surface area contributed by atoms with E-state index in [1.807, 2.05) is 17.9 Å². The van der Waals surface area contributed by atoms with E-state index in [-0.39, 0.29) is 12.0 Å². The van der Waals surface area contributed by atoms with Crippen molar-refractivity contribution in [3.63, 3.8) is 0 Å². The van der Waals surface area contributed by atoms with E-state index in [4.69, 9.17) is 14.7 Å². The Hall–Kier alpha value is -2.85. The number of benzene rings is 1. The van der Waals surface area contributed by atoms with Gasteiger partial charge >= 0.3 is 0 Å². The standard InChI is InChI=1S/C27H31FN6O3S2/c1-3-34(27-31-25(24(13-29)38-27)17-6-8-37-9-7-17)23-12-22(16-4-5-16)30-26-20(23)10-19(11-21(26)28)33-14-18(15-33)32-39(2,35)36/h10-12,16-18,32H,3-9,14-15H2,1-2H3. The van der Waals surface area contributed by atoms with Gasteiger partial charge in [-0.1, -0.05) is 11.3 Å². The second kappa shape index (κ2) is 10.3. The number of pyridine rings is 1. The molecule has 3 fully saturated rings. The lowest BCUT2D eigenvalue weighted by Gasteiger charge is -2.41. The molecule has 0 bridgehead atoms. The minimum atomic E-state index is -3.31. The van der Waals surface area contributed by atoms with Gasteiger partial charge in [-0.3, -0.25) is 0 Å². The van der Waals surface area contributed by atoms with Gasteiger partial charge < -0.3 is 14.5 Å². The maximum absolute atomic E-state index is 15.6. The Morgan fingerprint density at radius 3 is 2.56 bits per heavy atom. The van der Waals surface area contributed by atoms with Crippen LogP contribution >= 0.6 is 11.3 Å². The minimum absolute atomic E-state index is 0.192. The second-order valence-electron chi connectivity index (χ2n) is 10.6. The van der Waals surface area contributed by atoms with Gasteiger partial charge in [-0.2, -0.15) is 5.26 Å². The molecule has 1 aromatic carbocycles. The van der Waals surface area contributed by atoms with Gasteiger partial charge in [-0.15, -0.1) is 0 Å². The minimum Gasteiger partial charge on any atom is -0.381 e. The van der Waals surface area contributed by atoms with Crippen molar-refractivity contribution in [1.82, 2.24) is 14.7 Å². The Morgan fingerprint density at radius 2 is 1.92 bits per heavy atom. The molecule has 3 aliphatic rings. The molecule has 2 aliphatic heterocycles. The molecule has 3 aromatic rings. The number of nitriles is 1. The Labute approximate surface area is 231 Å². The predicted octanol–water partition coefficient (Wildman–Crippen LogP) is 4.37. The van der Waals surface area contributed by atoms with Crippen LogP contribution in [0.2, 0.25) is 0 Å². The van der Waals surface area contributed by atoms with Crippen LogP contribution in [0.1, 0.15) is 60.7 Å². The molecule has 0 radical (unpaired) electrons. The molecular weight excluding hydrogens is 539 g/mol. The fourth-order valence-corrected chi connectivity index (χ4v) is 7.29. The molecule has 4 heterocycles. The van der Waals surface area contributed by atoms with Gasteiger partial charge in [0, 0.05) is 61.5 Å². The van der Waals surface area contributed by atoms with Crippen molar-refractivity contribution < 1.29 is 17.5 Å². The average Bonchev–Trinajstić information content (AvgIpc) is 3.65. The number of nitrogens with zero attached hydrogens (tertiary/aromatic N) is 5. The smallest absolute Gasteiger partial charge is 0.209 e. The van der Waals surface area contributed by atoms with Crippen LogP contribution in [0.5, 0.6) is 0 Å². The Bertz CT molecular complexity index is 1550. The van der Waals surface area contributed by atoms with Crippen LogP contribution in [0.4, 0.5) is 20.9 Å². The van der Waals surface area contributed by atoms with Crippen LogP contribution in [-0.4, -0.2) is 63.5 Å². The molecule has 0 spiro atoms. The van der Waals surface area contributed by atoms with Gasteiger partial charge in [0.25, 0.3) is 0 Å². The zero-order chi connectivity index (χ0) is 27.3. The fraction of sp³-hybridized carbons (Fsp3) is 0.519. The molecule has 12 heteroatoms. The van der Waals surface area contributed by atoms with E-state index in [0.717, 1.165) is 54.1 Å². The van der Waals surface area contributed by atoms with E-state index in [1.54, 1.807) is 0 Å². The van der Waals surface area contributed by atoms with Gasteiger partial charge in [0.2, 0.25) is 10.0 Å². The first-order chi connectivity index (χ1) is 18.7. The van der Waals surface area contributed by atoms with Crippen molar-refractivity contribution in [2.75, 3.05) is 48.9 Å². The lowest BCUT2D eigenvalue weighted by molar-refractivity contribution is 0.0846. The zero-order valence-electron chi connectivity index (χ0n) is 22.0. The normalized spacial score (nSPS) is 18.8. The molecule has 2 aromatic heterocycles. The zero-order valence-corrected chi connectivity index (χ0v) is 23.6. The maximum Gasteiger partial charge on any atom is 0.209 e. The third kappa shape index (κ3) is 5.33. The molecule has 2 saturated heterocycles. The molecule has 1 N–H and O–H groups in total. The molecule has 39 heavy (non-hydrogen) atoms. The van der Waals surface area contributed by atoms with E-state index in [9.17, 15) is 13.7 Å². The van der Waals surface area contributed by atoms with Crippen molar-refractivity contribution in [3.05, 3.63) is 40.3 Å². The number of aromatic nitrogens is 2. The van der Waals surface area contributed by atoms with E-state index in [0.29, 0.717) is 60.2 Å². The van der Waals surface area contributed by atoms with Gasteiger partial charge in [-0.05, 0) is 50.8 Å². The lowest BCUT2D eigenvalue weighted by Crippen LogP contribution is -2.59. The summed E-state index contributed by atoms with van der Waals surface area (Å²) in [5, 5.41) is 11.3. The number of hydrogen-bond acceptors (Lipinski definition) is 9. The molecule has 9 nitrogen and oxygen atoms in total. The number of sulfonamides is 1. The quantitative estimate of drug-likeness (QED) is 0.425. The number of halogens is 1. The summed E-state index contributed by atoms with van der Waals surface area (Å²) in [6.07, 6.45) is 4.90. The number of ether oxygens (including phenoxy) is 1. The predicted molar refractivity (Wildman–Crippen MR) is 150 cm³/mol. The second-order valence-corrected chi connectivity index (χ2v) is 13.4. The topological polar surface area (TPSA) is 111 Å². The van der Waals surface area contributed by atoms with Crippen LogP contribution in [0, 0.1) is 17.1 Å². The van der Waals surface area contributed by atoms with Gasteiger partial charge in [0.15, 0.2) is 10.9 Å². The highest BCUT2D eigenvalue weighted by atomic mass is 32.2. The van der Waals surface area contributed by atoms with Crippen molar-refractivity contribution >= 4 is 48.8 Å².